The van der Waals surface area contributed by atoms with Crippen LogP contribution in [0.5, 0.6) is 5.75 Å². The van der Waals surface area contributed by atoms with Crippen molar-refractivity contribution in [2.45, 2.75) is 91.4 Å². The van der Waals surface area contributed by atoms with E-state index in [1.165, 1.54) is 28.7 Å². The maximum atomic E-state index is 13.2. The molecule has 0 radical (unpaired) electrons. The van der Waals surface area contributed by atoms with Crippen LogP contribution in [0.1, 0.15) is 97.3 Å². The van der Waals surface area contributed by atoms with Gasteiger partial charge in [-0.1, -0.05) is 44.0 Å². The average Bonchev–Trinajstić information content (AvgIpc) is 3.19. The summed E-state index contributed by atoms with van der Waals surface area (Å²) in [5.74, 6) is 3.27. The second-order valence-electron chi connectivity index (χ2n) is 11.8. The summed E-state index contributed by atoms with van der Waals surface area (Å²) >= 11 is 0. The second kappa shape index (κ2) is 13.4. The van der Waals surface area contributed by atoms with Crippen molar-refractivity contribution in [2.75, 3.05) is 7.11 Å². The Morgan fingerprint density at radius 3 is 2.26 bits per heavy atom. The van der Waals surface area contributed by atoms with E-state index >= 15 is 0 Å². The molecule has 2 saturated carbocycles. The number of carbonyl (C=O) groups excluding carboxylic acids is 2. The summed E-state index contributed by atoms with van der Waals surface area (Å²) in [4.78, 5) is 26.2. The van der Waals surface area contributed by atoms with Gasteiger partial charge >= 0.3 is 0 Å². The molecule has 3 heteroatoms. The molecule has 0 spiro atoms. The Hall–Kier alpha value is -2.68. The van der Waals surface area contributed by atoms with Crippen LogP contribution in [0.15, 0.2) is 48.6 Å². The van der Waals surface area contributed by atoms with Gasteiger partial charge in [-0.05, 0) is 130 Å². The SMILES string of the molecule is CCc1ccc(C(=O)C2CCC(C3CCCC(C(=O)/C=C\Cc4cc(C)cc(OC)c4)CC3)CC2)cc1C. The predicted octanol–water partition coefficient (Wildman–Crippen LogP) is 8.43. The first-order valence-corrected chi connectivity index (χ1v) is 14.9. The fourth-order valence-electron chi connectivity index (χ4n) is 6.93. The molecule has 38 heavy (non-hydrogen) atoms. The highest BCUT2D eigenvalue weighted by molar-refractivity contribution is 5.98. The van der Waals surface area contributed by atoms with Crippen molar-refractivity contribution in [2.24, 2.45) is 23.7 Å². The van der Waals surface area contributed by atoms with E-state index in [1.807, 2.05) is 30.4 Å². The van der Waals surface area contributed by atoms with Gasteiger partial charge in [-0.3, -0.25) is 9.59 Å². The minimum Gasteiger partial charge on any atom is -0.497 e. The van der Waals surface area contributed by atoms with Crippen molar-refractivity contribution in [1.82, 2.24) is 0 Å². The van der Waals surface area contributed by atoms with Crippen LogP contribution in [0.3, 0.4) is 0 Å². The van der Waals surface area contributed by atoms with Crippen molar-refractivity contribution in [3.05, 3.63) is 76.4 Å². The zero-order chi connectivity index (χ0) is 27.1. The normalized spacial score (nSPS) is 24.2. The van der Waals surface area contributed by atoms with E-state index in [1.54, 1.807) is 7.11 Å². The summed E-state index contributed by atoms with van der Waals surface area (Å²) in [5.41, 5.74) is 5.81. The number of benzene rings is 2. The zero-order valence-electron chi connectivity index (χ0n) is 23.9. The lowest BCUT2D eigenvalue weighted by atomic mass is 9.72. The van der Waals surface area contributed by atoms with Gasteiger partial charge < -0.3 is 4.74 Å². The zero-order valence-corrected chi connectivity index (χ0v) is 23.9. The summed E-state index contributed by atoms with van der Waals surface area (Å²) in [7, 11) is 1.69. The lowest BCUT2D eigenvalue weighted by molar-refractivity contribution is -0.118. The molecule has 0 amide bonds. The lowest BCUT2D eigenvalue weighted by Crippen LogP contribution is -2.26. The third-order valence-corrected chi connectivity index (χ3v) is 9.22. The molecule has 4 rings (SSSR count). The standard InChI is InChI=1S/C35H46O3/c1-5-27-12-19-32(22-25(27)3)35(37)31-17-14-29(15-18-31)28-9-7-10-30(16-13-28)34(36)11-6-8-26-20-24(2)21-33(23-26)38-4/h6,11-12,19-23,28-31H,5,7-10,13-18H2,1-4H3/b11-6-. The Morgan fingerprint density at radius 2 is 1.58 bits per heavy atom. The molecule has 3 nitrogen and oxygen atoms in total. The predicted molar refractivity (Wildman–Crippen MR) is 156 cm³/mol. The maximum Gasteiger partial charge on any atom is 0.165 e. The number of allylic oxidation sites excluding steroid dienone is 2. The van der Waals surface area contributed by atoms with Gasteiger partial charge in [0.15, 0.2) is 11.6 Å². The molecule has 0 N–H and O–H groups in total. The number of methoxy groups -OCH3 is 1. The number of Topliss-reactive ketones (excluding diaryl/α,β-unsaturated/α-hetero) is 1. The van der Waals surface area contributed by atoms with Crippen LogP contribution < -0.4 is 4.74 Å². The quantitative estimate of drug-likeness (QED) is 0.192. The third kappa shape index (κ3) is 7.24. The molecule has 0 heterocycles. The molecule has 2 atom stereocenters. The Balaban J connectivity index is 1.24. The molecule has 2 aliphatic carbocycles. The van der Waals surface area contributed by atoms with Gasteiger partial charge in [0.25, 0.3) is 0 Å². The number of carbonyl (C=O) groups is 2. The minimum absolute atomic E-state index is 0.163. The number of aryl methyl sites for hydroxylation is 3. The average molecular weight is 515 g/mol. The summed E-state index contributed by atoms with van der Waals surface area (Å²) in [6, 6.07) is 12.5. The topological polar surface area (TPSA) is 43.4 Å². The summed E-state index contributed by atoms with van der Waals surface area (Å²) in [5, 5.41) is 0. The van der Waals surface area contributed by atoms with Crippen LogP contribution in [-0.2, 0) is 17.6 Å². The molecule has 0 bridgehead atoms. The number of ether oxygens (including phenoxy) is 1. The van der Waals surface area contributed by atoms with Gasteiger partial charge in [0.2, 0.25) is 0 Å². The Morgan fingerprint density at radius 1 is 0.868 bits per heavy atom. The number of ketones is 2. The number of hydrogen-bond donors (Lipinski definition) is 0. The van der Waals surface area contributed by atoms with Crippen LogP contribution in [0.4, 0.5) is 0 Å². The fraction of sp³-hybridized carbons (Fsp3) is 0.543. The number of hydrogen-bond acceptors (Lipinski definition) is 3. The van der Waals surface area contributed by atoms with Gasteiger partial charge in [-0.2, -0.15) is 0 Å². The summed E-state index contributed by atoms with van der Waals surface area (Å²) < 4.78 is 5.37. The van der Waals surface area contributed by atoms with Gasteiger partial charge in [-0.15, -0.1) is 0 Å². The molecular weight excluding hydrogens is 468 g/mol. The molecule has 2 aromatic rings. The van der Waals surface area contributed by atoms with Crippen molar-refractivity contribution in [3.8, 4) is 5.75 Å². The van der Waals surface area contributed by atoms with Crippen LogP contribution in [0.2, 0.25) is 0 Å². The first-order valence-electron chi connectivity index (χ1n) is 14.9. The third-order valence-electron chi connectivity index (χ3n) is 9.22. The minimum atomic E-state index is 0.163. The molecule has 2 fully saturated rings. The van der Waals surface area contributed by atoms with E-state index in [0.717, 1.165) is 75.5 Å². The Labute approximate surface area is 230 Å². The molecule has 0 aromatic heterocycles. The molecule has 2 aromatic carbocycles. The van der Waals surface area contributed by atoms with E-state index in [-0.39, 0.29) is 11.8 Å². The molecular formula is C35H46O3. The van der Waals surface area contributed by atoms with Crippen molar-refractivity contribution >= 4 is 11.6 Å². The first kappa shape index (κ1) is 28.3. The van der Waals surface area contributed by atoms with E-state index in [0.29, 0.717) is 23.4 Å². The highest BCUT2D eigenvalue weighted by Crippen LogP contribution is 2.41. The molecule has 2 aliphatic rings. The fourth-order valence-corrected chi connectivity index (χ4v) is 6.93. The number of rotatable bonds is 9. The summed E-state index contributed by atoms with van der Waals surface area (Å²) in [6.45, 7) is 6.35. The summed E-state index contributed by atoms with van der Waals surface area (Å²) in [6.07, 6.45) is 15.5. The van der Waals surface area contributed by atoms with Gasteiger partial charge in [0.05, 0.1) is 7.11 Å². The van der Waals surface area contributed by atoms with E-state index in [4.69, 9.17) is 4.74 Å². The molecule has 2 unspecified atom stereocenters. The van der Waals surface area contributed by atoms with Gasteiger partial charge in [-0.25, -0.2) is 0 Å². The van der Waals surface area contributed by atoms with E-state index < -0.39 is 0 Å². The second-order valence-corrected chi connectivity index (χ2v) is 11.8. The van der Waals surface area contributed by atoms with Gasteiger partial charge in [0, 0.05) is 17.4 Å². The van der Waals surface area contributed by atoms with E-state index in [9.17, 15) is 9.59 Å². The van der Waals surface area contributed by atoms with Crippen molar-refractivity contribution in [3.63, 3.8) is 0 Å². The molecule has 0 saturated heterocycles. The highest BCUT2D eigenvalue weighted by Gasteiger charge is 2.33. The monoisotopic (exact) mass is 514 g/mol. The smallest absolute Gasteiger partial charge is 0.165 e. The largest absolute Gasteiger partial charge is 0.497 e. The van der Waals surface area contributed by atoms with Crippen molar-refractivity contribution < 1.29 is 14.3 Å². The Bertz CT molecular complexity index is 1140. The molecule has 0 aliphatic heterocycles. The van der Waals surface area contributed by atoms with Crippen LogP contribution in [0.25, 0.3) is 0 Å². The lowest BCUT2D eigenvalue weighted by Gasteiger charge is -2.33. The van der Waals surface area contributed by atoms with E-state index in [2.05, 4.69) is 39.0 Å². The highest BCUT2D eigenvalue weighted by atomic mass is 16.5. The maximum absolute atomic E-state index is 13.2. The molecule has 204 valence electrons. The van der Waals surface area contributed by atoms with Gasteiger partial charge in [0.1, 0.15) is 5.75 Å². The Kier molecular flexibility index (Phi) is 9.99. The first-order chi connectivity index (χ1) is 18.4. The van der Waals surface area contributed by atoms with Crippen molar-refractivity contribution in [1.29, 1.82) is 0 Å². The van der Waals surface area contributed by atoms with Crippen LogP contribution in [-0.4, -0.2) is 18.7 Å². The van der Waals surface area contributed by atoms with Crippen LogP contribution in [0, 0.1) is 37.5 Å². The van der Waals surface area contributed by atoms with Crippen LogP contribution >= 0.6 is 0 Å².